The van der Waals surface area contributed by atoms with E-state index in [9.17, 15) is 0 Å². The van der Waals surface area contributed by atoms with Gasteiger partial charge in [-0.25, -0.2) is 0 Å². The fraction of sp³-hybridized carbons (Fsp3) is 0.833. The Labute approximate surface area is 82.6 Å². The highest BCUT2D eigenvalue weighted by Gasteiger charge is 2.33. The van der Waals surface area contributed by atoms with Crippen molar-refractivity contribution < 1.29 is 0 Å². The molecule has 1 rings (SSSR count). The Balaban J connectivity index is 2.21. The number of allylic oxidation sites excluding steroid dienone is 1. The van der Waals surface area contributed by atoms with E-state index in [-0.39, 0.29) is 0 Å². The molecule has 0 saturated heterocycles. The highest BCUT2D eigenvalue weighted by molar-refractivity contribution is 4.90. The summed E-state index contributed by atoms with van der Waals surface area (Å²) in [7, 11) is 0. The molecule has 1 N–H and O–H groups in total. The van der Waals surface area contributed by atoms with Crippen LogP contribution in [0.5, 0.6) is 0 Å². The summed E-state index contributed by atoms with van der Waals surface area (Å²) >= 11 is 0. The molecule has 0 aliphatic heterocycles. The summed E-state index contributed by atoms with van der Waals surface area (Å²) in [6.45, 7) is 7.98. The van der Waals surface area contributed by atoms with Gasteiger partial charge >= 0.3 is 0 Å². The van der Waals surface area contributed by atoms with Crippen molar-refractivity contribution in [3.8, 4) is 0 Å². The molecule has 1 nitrogen and oxygen atoms in total. The fourth-order valence-corrected chi connectivity index (χ4v) is 2.21. The van der Waals surface area contributed by atoms with Gasteiger partial charge < -0.3 is 5.32 Å². The summed E-state index contributed by atoms with van der Waals surface area (Å²) in [5, 5.41) is 3.66. The Kier molecular flexibility index (Phi) is 3.98. The second-order valence-electron chi connectivity index (χ2n) is 4.75. The van der Waals surface area contributed by atoms with Crippen molar-refractivity contribution in [2.75, 3.05) is 6.54 Å². The quantitative estimate of drug-likeness (QED) is 0.519. The first kappa shape index (κ1) is 10.8. The lowest BCUT2D eigenvalue weighted by molar-refractivity contribution is 0.286. The van der Waals surface area contributed by atoms with Crippen LogP contribution < -0.4 is 5.32 Å². The van der Waals surface area contributed by atoms with Crippen molar-refractivity contribution in [3.05, 3.63) is 12.2 Å². The number of hydrogen-bond donors (Lipinski definition) is 1. The lowest BCUT2D eigenvalue weighted by Crippen LogP contribution is -2.38. The first-order chi connectivity index (χ1) is 6.17. The zero-order valence-electron chi connectivity index (χ0n) is 9.27. The largest absolute Gasteiger partial charge is 0.313 e. The molecule has 1 heteroatoms. The Morgan fingerprint density at radius 1 is 1.46 bits per heavy atom. The van der Waals surface area contributed by atoms with Crippen LogP contribution in [0.25, 0.3) is 0 Å². The summed E-state index contributed by atoms with van der Waals surface area (Å²) < 4.78 is 0. The smallest absolute Gasteiger partial charge is 0.0118 e. The summed E-state index contributed by atoms with van der Waals surface area (Å²) in [6.07, 6.45) is 9.67. The monoisotopic (exact) mass is 181 g/mol. The van der Waals surface area contributed by atoms with Crippen LogP contribution in [0.2, 0.25) is 0 Å². The van der Waals surface area contributed by atoms with E-state index >= 15 is 0 Å². The Hall–Kier alpha value is -0.300. The molecule has 1 unspecified atom stereocenters. The van der Waals surface area contributed by atoms with Crippen molar-refractivity contribution in [1.29, 1.82) is 0 Å². The third-order valence-electron chi connectivity index (χ3n) is 3.19. The van der Waals surface area contributed by atoms with Gasteiger partial charge in [-0.05, 0) is 38.1 Å². The normalized spacial score (nSPS) is 27.2. The molecule has 0 spiro atoms. The first-order valence-corrected chi connectivity index (χ1v) is 5.51. The summed E-state index contributed by atoms with van der Waals surface area (Å²) in [5.74, 6) is 0. The van der Waals surface area contributed by atoms with E-state index in [4.69, 9.17) is 0 Å². The van der Waals surface area contributed by atoms with Crippen molar-refractivity contribution in [2.24, 2.45) is 5.41 Å². The molecule has 76 valence electrons. The van der Waals surface area contributed by atoms with Crippen LogP contribution in [-0.4, -0.2) is 12.6 Å². The molecule has 1 aliphatic rings. The Morgan fingerprint density at radius 2 is 2.23 bits per heavy atom. The molecule has 0 aromatic rings. The first-order valence-electron chi connectivity index (χ1n) is 5.51. The average Bonchev–Trinajstić information content (AvgIpc) is 2.40. The predicted molar refractivity (Wildman–Crippen MR) is 58.9 cm³/mol. The Morgan fingerprint density at radius 3 is 2.77 bits per heavy atom. The molecule has 1 fully saturated rings. The summed E-state index contributed by atoms with van der Waals surface area (Å²) in [4.78, 5) is 0. The van der Waals surface area contributed by atoms with Gasteiger partial charge in [-0.3, -0.25) is 0 Å². The SMILES string of the molecule is C/C=C/CCNC1CCCC1(C)C. The number of rotatable bonds is 4. The molecule has 0 aromatic carbocycles. The van der Waals surface area contributed by atoms with E-state index in [1.807, 2.05) is 0 Å². The molecule has 1 saturated carbocycles. The van der Waals surface area contributed by atoms with Crippen molar-refractivity contribution in [1.82, 2.24) is 5.32 Å². The van der Waals surface area contributed by atoms with Crippen LogP contribution in [0.4, 0.5) is 0 Å². The molecular formula is C12H23N. The van der Waals surface area contributed by atoms with Crippen LogP contribution in [0.15, 0.2) is 12.2 Å². The van der Waals surface area contributed by atoms with Crippen molar-refractivity contribution in [2.45, 2.75) is 52.5 Å². The zero-order chi connectivity index (χ0) is 9.73. The second-order valence-corrected chi connectivity index (χ2v) is 4.75. The maximum atomic E-state index is 3.66. The van der Waals surface area contributed by atoms with E-state index in [1.165, 1.54) is 25.7 Å². The van der Waals surface area contributed by atoms with Gasteiger partial charge in [0.1, 0.15) is 0 Å². The minimum Gasteiger partial charge on any atom is -0.313 e. The third kappa shape index (κ3) is 3.15. The molecule has 0 heterocycles. The van der Waals surface area contributed by atoms with Crippen molar-refractivity contribution >= 4 is 0 Å². The van der Waals surface area contributed by atoms with Gasteiger partial charge in [0, 0.05) is 6.04 Å². The zero-order valence-corrected chi connectivity index (χ0v) is 9.27. The van der Waals surface area contributed by atoms with Gasteiger partial charge in [-0.2, -0.15) is 0 Å². The average molecular weight is 181 g/mol. The molecular weight excluding hydrogens is 158 g/mol. The number of nitrogens with one attached hydrogen (secondary N) is 1. The van der Waals surface area contributed by atoms with Crippen molar-refractivity contribution in [3.63, 3.8) is 0 Å². The van der Waals surface area contributed by atoms with Gasteiger partial charge in [-0.15, -0.1) is 0 Å². The molecule has 1 aliphatic carbocycles. The third-order valence-corrected chi connectivity index (χ3v) is 3.19. The maximum Gasteiger partial charge on any atom is 0.0118 e. The van der Waals surface area contributed by atoms with Crippen LogP contribution in [-0.2, 0) is 0 Å². The van der Waals surface area contributed by atoms with E-state index < -0.39 is 0 Å². The van der Waals surface area contributed by atoms with Gasteiger partial charge in [-0.1, -0.05) is 32.4 Å². The minimum atomic E-state index is 0.524. The molecule has 13 heavy (non-hydrogen) atoms. The predicted octanol–water partition coefficient (Wildman–Crippen LogP) is 3.12. The molecule has 0 radical (unpaired) electrons. The van der Waals surface area contributed by atoms with E-state index in [0.29, 0.717) is 5.41 Å². The van der Waals surface area contributed by atoms with Gasteiger partial charge in [0.05, 0.1) is 0 Å². The van der Waals surface area contributed by atoms with Gasteiger partial charge in [0.15, 0.2) is 0 Å². The van der Waals surface area contributed by atoms with Gasteiger partial charge in [0.25, 0.3) is 0 Å². The molecule has 1 atom stereocenters. The Bertz CT molecular complexity index is 170. The minimum absolute atomic E-state index is 0.524. The van der Waals surface area contributed by atoms with Crippen LogP contribution in [0.3, 0.4) is 0 Å². The van der Waals surface area contributed by atoms with E-state index in [0.717, 1.165) is 12.6 Å². The molecule has 0 bridgehead atoms. The second kappa shape index (κ2) is 4.80. The molecule has 0 amide bonds. The number of hydrogen-bond acceptors (Lipinski definition) is 1. The highest BCUT2D eigenvalue weighted by Crippen LogP contribution is 2.36. The summed E-state index contributed by atoms with van der Waals surface area (Å²) in [5.41, 5.74) is 0.524. The van der Waals surface area contributed by atoms with Crippen LogP contribution in [0, 0.1) is 5.41 Å². The molecule has 0 aromatic heterocycles. The highest BCUT2D eigenvalue weighted by atomic mass is 14.9. The van der Waals surface area contributed by atoms with E-state index in [1.54, 1.807) is 0 Å². The summed E-state index contributed by atoms with van der Waals surface area (Å²) in [6, 6.07) is 0.748. The van der Waals surface area contributed by atoms with Crippen LogP contribution >= 0.6 is 0 Å². The van der Waals surface area contributed by atoms with Crippen LogP contribution in [0.1, 0.15) is 46.5 Å². The van der Waals surface area contributed by atoms with Gasteiger partial charge in [0.2, 0.25) is 0 Å². The maximum absolute atomic E-state index is 3.66. The lowest BCUT2D eigenvalue weighted by atomic mass is 9.87. The lowest BCUT2D eigenvalue weighted by Gasteiger charge is -2.27. The standard InChI is InChI=1S/C12H23N/c1-4-5-6-10-13-11-8-7-9-12(11,2)3/h4-5,11,13H,6-10H2,1-3H3/b5-4+. The van der Waals surface area contributed by atoms with E-state index in [2.05, 4.69) is 38.2 Å². The topological polar surface area (TPSA) is 12.0 Å². The fourth-order valence-electron chi connectivity index (χ4n) is 2.21.